The molecule has 0 amide bonds. The molecule has 0 saturated carbocycles. The van der Waals surface area contributed by atoms with E-state index in [1.54, 1.807) is 13.1 Å². The smallest absolute Gasteiger partial charge is 0.191 e. The summed E-state index contributed by atoms with van der Waals surface area (Å²) in [5.74, 6) is 0.706. The number of rotatable bonds is 7. The van der Waals surface area contributed by atoms with E-state index in [4.69, 9.17) is 4.74 Å². The SMILES string of the molecule is CN=C(NCCCN1CCN(c2ccccc2F)CC1)NCC1(C)CCCO1. The Bertz CT molecular complexity index is 639. The fraction of sp³-hybridized carbons (Fsp3) is 0.667. The van der Waals surface area contributed by atoms with Crippen molar-refractivity contribution >= 4 is 11.6 Å². The Morgan fingerprint density at radius 3 is 2.68 bits per heavy atom. The number of hydrogen-bond donors (Lipinski definition) is 2. The summed E-state index contributed by atoms with van der Waals surface area (Å²) >= 11 is 0. The molecule has 0 radical (unpaired) electrons. The molecule has 156 valence electrons. The number of ether oxygens (including phenoxy) is 1. The van der Waals surface area contributed by atoms with E-state index < -0.39 is 0 Å². The van der Waals surface area contributed by atoms with Crippen LogP contribution < -0.4 is 15.5 Å². The number of anilines is 1. The van der Waals surface area contributed by atoms with Gasteiger partial charge in [0.1, 0.15) is 5.82 Å². The molecule has 6 nitrogen and oxygen atoms in total. The number of benzene rings is 1. The summed E-state index contributed by atoms with van der Waals surface area (Å²) in [5.41, 5.74) is 0.647. The molecule has 3 rings (SSSR count). The molecule has 28 heavy (non-hydrogen) atoms. The molecule has 2 fully saturated rings. The van der Waals surface area contributed by atoms with Crippen molar-refractivity contribution < 1.29 is 9.13 Å². The Kier molecular flexibility index (Phi) is 7.50. The van der Waals surface area contributed by atoms with E-state index >= 15 is 0 Å². The van der Waals surface area contributed by atoms with Crippen LogP contribution in [0.2, 0.25) is 0 Å². The van der Waals surface area contributed by atoms with E-state index in [0.29, 0.717) is 0 Å². The van der Waals surface area contributed by atoms with Crippen molar-refractivity contribution in [3.63, 3.8) is 0 Å². The van der Waals surface area contributed by atoms with E-state index in [0.717, 1.165) is 83.3 Å². The molecule has 0 spiro atoms. The Morgan fingerprint density at radius 2 is 2.00 bits per heavy atom. The van der Waals surface area contributed by atoms with Crippen LogP contribution in [0.5, 0.6) is 0 Å². The van der Waals surface area contributed by atoms with Crippen LogP contribution in [-0.2, 0) is 4.74 Å². The number of para-hydroxylation sites is 1. The van der Waals surface area contributed by atoms with Gasteiger partial charge in [-0.05, 0) is 44.9 Å². The number of guanidine groups is 1. The van der Waals surface area contributed by atoms with Gasteiger partial charge in [0.05, 0.1) is 11.3 Å². The van der Waals surface area contributed by atoms with Crippen molar-refractivity contribution in [2.75, 3.05) is 64.4 Å². The van der Waals surface area contributed by atoms with Gasteiger partial charge < -0.3 is 20.3 Å². The molecule has 0 bridgehead atoms. The van der Waals surface area contributed by atoms with Gasteiger partial charge in [-0.25, -0.2) is 4.39 Å². The molecular weight excluding hydrogens is 357 g/mol. The van der Waals surface area contributed by atoms with Crippen LogP contribution in [0.3, 0.4) is 0 Å². The quantitative estimate of drug-likeness (QED) is 0.423. The third kappa shape index (κ3) is 5.82. The minimum atomic E-state index is -0.129. The van der Waals surface area contributed by atoms with E-state index in [2.05, 4.69) is 32.3 Å². The first-order chi connectivity index (χ1) is 13.6. The highest BCUT2D eigenvalue weighted by molar-refractivity contribution is 5.79. The van der Waals surface area contributed by atoms with Gasteiger partial charge in [0.2, 0.25) is 0 Å². The van der Waals surface area contributed by atoms with Gasteiger partial charge in [0, 0.05) is 52.9 Å². The van der Waals surface area contributed by atoms with E-state index in [-0.39, 0.29) is 11.4 Å². The molecule has 1 aromatic carbocycles. The third-order valence-corrected chi connectivity index (χ3v) is 5.66. The molecule has 2 heterocycles. The molecule has 2 aliphatic rings. The fourth-order valence-corrected chi connectivity index (χ4v) is 3.90. The maximum absolute atomic E-state index is 13.9. The highest BCUT2D eigenvalue weighted by atomic mass is 19.1. The van der Waals surface area contributed by atoms with Crippen molar-refractivity contribution in [2.45, 2.75) is 31.8 Å². The van der Waals surface area contributed by atoms with E-state index in [9.17, 15) is 4.39 Å². The van der Waals surface area contributed by atoms with Crippen LogP contribution in [0, 0.1) is 5.82 Å². The van der Waals surface area contributed by atoms with Crippen LogP contribution in [0.15, 0.2) is 29.3 Å². The monoisotopic (exact) mass is 391 g/mol. The molecule has 1 atom stereocenters. The highest BCUT2D eigenvalue weighted by Crippen LogP contribution is 2.23. The predicted molar refractivity (Wildman–Crippen MR) is 113 cm³/mol. The summed E-state index contributed by atoms with van der Waals surface area (Å²) in [5, 5.41) is 6.77. The van der Waals surface area contributed by atoms with Gasteiger partial charge >= 0.3 is 0 Å². The standard InChI is InChI=1S/C21H34FN5O/c1-21(9-5-16-28-21)17-25-20(23-2)24-10-6-11-26-12-14-27(15-13-26)19-8-4-3-7-18(19)22/h3-4,7-8H,5-6,9-17H2,1-2H3,(H2,23,24,25). The van der Waals surface area contributed by atoms with Crippen LogP contribution in [0.4, 0.5) is 10.1 Å². The Balaban J connectivity index is 1.31. The fourth-order valence-electron chi connectivity index (χ4n) is 3.90. The average Bonchev–Trinajstić information content (AvgIpc) is 3.15. The van der Waals surface area contributed by atoms with Gasteiger partial charge in [-0.15, -0.1) is 0 Å². The van der Waals surface area contributed by atoms with Gasteiger partial charge in [-0.3, -0.25) is 9.89 Å². The molecule has 0 aromatic heterocycles. The normalized spacial score (nSPS) is 23.8. The number of halogens is 1. The highest BCUT2D eigenvalue weighted by Gasteiger charge is 2.29. The second-order valence-electron chi connectivity index (χ2n) is 7.89. The van der Waals surface area contributed by atoms with Gasteiger partial charge in [-0.1, -0.05) is 12.1 Å². The van der Waals surface area contributed by atoms with Crippen LogP contribution in [0.25, 0.3) is 0 Å². The molecule has 2 aliphatic heterocycles. The Hall–Kier alpha value is -1.86. The third-order valence-electron chi connectivity index (χ3n) is 5.66. The largest absolute Gasteiger partial charge is 0.373 e. The van der Waals surface area contributed by atoms with Gasteiger partial charge in [0.25, 0.3) is 0 Å². The van der Waals surface area contributed by atoms with Crippen molar-refractivity contribution in [1.29, 1.82) is 0 Å². The topological polar surface area (TPSA) is 52.1 Å². The number of piperazine rings is 1. The number of nitrogens with zero attached hydrogens (tertiary/aromatic N) is 3. The lowest BCUT2D eigenvalue weighted by Crippen LogP contribution is -2.48. The average molecular weight is 392 g/mol. The first-order valence-electron chi connectivity index (χ1n) is 10.4. The lowest BCUT2D eigenvalue weighted by Gasteiger charge is -2.36. The molecule has 2 saturated heterocycles. The van der Waals surface area contributed by atoms with E-state index in [1.807, 2.05) is 12.1 Å². The van der Waals surface area contributed by atoms with Crippen molar-refractivity contribution in [1.82, 2.24) is 15.5 Å². The summed E-state index contributed by atoms with van der Waals surface area (Å²) in [7, 11) is 1.80. The molecular formula is C21H34FN5O. The minimum Gasteiger partial charge on any atom is -0.373 e. The molecule has 1 aromatic rings. The van der Waals surface area contributed by atoms with E-state index in [1.165, 1.54) is 6.07 Å². The zero-order valence-corrected chi connectivity index (χ0v) is 17.2. The molecule has 2 N–H and O–H groups in total. The summed E-state index contributed by atoms with van der Waals surface area (Å²) in [6.45, 7) is 9.39. The van der Waals surface area contributed by atoms with Crippen LogP contribution >= 0.6 is 0 Å². The summed E-state index contributed by atoms with van der Waals surface area (Å²) in [6, 6.07) is 7.04. The second kappa shape index (κ2) is 10.1. The lowest BCUT2D eigenvalue weighted by atomic mass is 10.0. The first kappa shape index (κ1) is 20.9. The molecule has 7 heteroatoms. The molecule has 0 aliphatic carbocycles. The second-order valence-corrected chi connectivity index (χ2v) is 7.89. The van der Waals surface area contributed by atoms with Gasteiger partial charge in [0.15, 0.2) is 5.96 Å². The summed E-state index contributed by atoms with van der Waals surface area (Å²) in [6.07, 6.45) is 3.28. The number of hydrogen-bond acceptors (Lipinski definition) is 4. The van der Waals surface area contributed by atoms with Crippen LogP contribution in [-0.4, -0.2) is 75.9 Å². The summed E-state index contributed by atoms with van der Waals surface area (Å²) < 4.78 is 19.7. The maximum atomic E-state index is 13.9. The lowest BCUT2D eigenvalue weighted by molar-refractivity contribution is 0.0243. The maximum Gasteiger partial charge on any atom is 0.191 e. The Morgan fingerprint density at radius 1 is 1.21 bits per heavy atom. The first-order valence-corrected chi connectivity index (χ1v) is 10.4. The summed E-state index contributed by atoms with van der Waals surface area (Å²) in [4.78, 5) is 8.89. The van der Waals surface area contributed by atoms with Crippen molar-refractivity contribution in [2.24, 2.45) is 4.99 Å². The predicted octanol–water partition coefficient (Wildman–Crippen LogP) is 2.07. The zero-order valence-electron chi connectivity index (χ0n) is 17.2. The van der Waals surface area contributed by atoms with Crippen molar-refractivity contribution in [3.8, 4) is 0 Å². The Labute approximate surface area is 168 Å². The number of aliphatic imine (C=N–C) groups is 1. The number of nitrogens with one attached hydrogen (secondary N) is 2. The van der Waals surface area contributed by atoms with Crippen molar-refractivity contribution in [3.05, 3.63) is 30.1 Å². The molecule has 1 unspecified atom stereocenters. The zero-order chi connectivity index (χ0) is 19.8. The minimum absolute atomic E-state index is 0.0739. The van der Waals surface area contributed by atoms with Crippen LogP contribution in [0.1, 0.15) is 26.2 Å². The van der Waals surface area contributed by atoms with Gasteiger partial charge in [-0.2, -0.15) is 0 Å².